The maximum atomic E-state index is 10.4. The third-order valence-corrected chi connectivity index (χ3v) is 4.95. The van der Waals surface area contributed by atoms with Crippen LogP contribution in [-0.2, 0) is 6.42 Å². The van der Waals surface area contributed by atoms with Crippen molar-refractivity contribution in [3.8, 4) is 5.75 Å². The molecular formula is C18H26O2. The molecule has 0 amide bonds. The van der Waals surface area contributed by atoms with Crippen molar-refractivity contribution < 1.29 is 10.2 Å². The predicted octanol–water partition coefficient (Wildman–Crippen LogP) is 3.90. The minimum absolute atomic E-state index is 0.275. The van der Waals surface area contributed by atoms with Crippen LogP contribution in [0, 0.1) is 25.7 Å². The number of hydrogen-bond donors (Lipinski definition) is 2. The second-order valence-electron chi connectivity index (χ2n) is 6.68. The summed E-state index contributed by atoms with van der Waals surface area (Å²) in [4.78, 5) is 0. The van der Waals surface area contributed by atoms with Gasteiger partial charge in [0.2, 0.25) is 0 Å². The summed E-state index contributed by atoms with van der Waals surface area (Å²) in [5, 5.41) is 20.3. The standard InChI is InChI=1S/C18H26O2/c1-11-6-15(7-12(2)17(11)19)10-16-8-13(3)18(5,20)14(4)9-16/h6-8,14,16,19-20H,9-10H2,1-5H3. The SMILES string of the molecule is CC1=CC(Cc2cc(C)c(O)c(C)c2)CC(C)C1(C)O. The third kappa shape index (κ3) is 2.76. The van der Waals surface area contributed by atoms with Crippen molar-refractivity contribution in [3.63, 3.8) is 0 Å². The number of aromatic hydroxyl groups is 1. The molecule has 0 aromatic heterocycles. The van der Waals surface area contributed by atoms with Crippen LogP contribution in [0.25, 0.3) is 0 Å². The molecule has 0 spiro atoms. The van der Waals surface area contributed by atoms with Crippen LogP contribution >= 0.6 is 0 Å². The van der Waals surface area contributed by atoms with Crippen LogP contribution in [0.15, 0.2) is 23.8 Å². The first-order valence-electron chi connectivity index (χ1n) is 7.42. The highest BCUT2D eigenvalue weighted by molar-refractivity contribution is 5.42. The molecule has 1 aromatic carbocycles. The van der Waals surface area contributed by atoms with Gasteiger partial charge in [0, 0.05) is 0 Å². The molecule has 0 radical (unpaired) electrons. The fourth-order valence-electron chi connectivity index (χ4n) is 3.27. The molecule has 0 aliphatic heterocycles. The highest BCUT2D eigenvalue weighted by atomic mass is 16.3. The lowest BCUT2D eigenvalue weighted by Crippen LogP contribution is -2.38. The fraction of sp³-hybridized carbons (Fsp3) is 0.556. The minimum atomic E-state index is -0.669. The molecule has 20 heavy (non-hydrogen) atoms. The number of hydrogen-bond acceptors (Lipinski definition) is 2. The number of benzene rings is 1. The predicted molar refractivity (Wildman–Crippen MR) is 82.9 cm³/mol. The van der Waals surface area contributed by atoms with E-state index in [4.69, 9.17) is 0 Å². The summed E-state index contributed by atoms with van der Waals surface area (Å²) in [5.74, 6) is 1.14. The van der Waals surface area contributed by atoms with Gasteiger partial charge in [0.1, 0.15) is 5.75 Å². The molecule has 2 heteroatoms. The molecule has 1 aliphatic rings. The van der Waals surface area contributed by atoms with Crippen LogP contribution in [0.2, 0.25) is 0 Å². The van der Waals surface area contributed by atoms with Gasteiger partial charge in [-0.25, -0.2) is 0 Å². The van der Waals surface area contributed by atoms with Gasteiger partial charge >= 0.3 is 0 Å². The Morgan fingerprint density at radius 3 is 2.25 bits per heavy atom. The first-order valence-corrected chi connectivity index (χ1v) is 7.42. The van der Waals surface area contributed by atoms with E-state index in [1.807, 2.05) is 27.7 Å². The van der Waals surface area contributed by atoms with Crippen molar-refractivity contribution in [2.24, 2.45) is 11.8 Å². The van der Waals surface area contributed by atoms with Crippen molar-refractivity contribution in [3.05, 3.63) is 40.5 Å². The van der Waals surface area contributed by atoms with Crippen LogP contribution < -0.4 is 0 Å². The van der Waals surface area contributed by atoms with E-state index in [-0.39, 0.29) is 5.92 Å². The van der Waals surface area contributed by atoms with Crippen LogP contribution in [0.3, 0.4) is 0 Å². The molecule has 1 aliphatic carbocycles. The second kappa shape index (κ2) is 5.25. The van der Waals surface area contributed by atoms with Gasteiger partial charge in [-0.2, -0.15) is 0 Å². The third-order valence-electron chi connectivity index (χ3n) is 4.95. The monoisotopic (exact) mass is 274 g/mol. The molecule has 2 nitrogen and oxygen atoms in total. The molecule has 0 saturated carbocycles. The molecule has 0 saturated heterocycles. The zero-order chi connectivity index (χ0) is 15.1. The summed E-state index contributed by atoms with van der Waals surface area (Å²) in [6.45, 7) is 9.95. The Hall–Kier alpha value is -1.28. The lowest BCUT2D eigenvalue weighted by atomic mass is 9.72. The number of aliphatic hydroxyl groups is 1. The van der Waals surface area contributed by atoms with Gasteiger partial charge in [0.05, 0.1) is 5.60 Å². The zero-order valence-corrected chi connectivity index (χ0v) is 13.2. The first-order chi connectivity index (χ1) is 9.21. The Morgan fingerprint density at radius 2 is 1.75 bits per heavy atom. The highest BCUT2D eigenvalue weighted by Gasteiger charge is 2.35. The molecule has 1 aromatic rings. The zero-order valence-electron chi connectivity index (χ0n) is 13.2. The fourth-order valence-corrected chi connectivity index (χ4v) is 3.27. The van der Waals surface area contributed by atoms with Crippen LogP contribution in [-0.4, -0.2) is 15.8 Å². The van der Waals surface area contributed by atoms with E-state index in [9.17, 15) is 10.2 Å². The number of rotatable bonds is 2. The average Bonchev–Trinajstić information content (AvgIpc) is 2.33. The topological polar surface area (TPSA) is 40.5 Å². The van der Waals surface area contributed by atoms with E-state index >= 15 is 0 Å². The summed E-state index contributed by atoms with van der Waals surface area (Å²) in [5.41, 5.74) is 3.55. The average molecular weight is 274 g/mol. The molecule has 110 valence electrons. The molecule has 0 bridgehead atoms. The molecule has 2 N–H and O–H groups in total. The lowest BCUT2D eigenvalue weighted by Gasteiger charge is -2.38. The van der Waals surface area contributed by atoms with Gasteiger partial charge in [-0.1, -0.05) is 25.1 Å². The molecule has 3 atom stereocenters. The first kappa shape index (κ1) is 15.1. The summed E-state index contributed by atoms with van der Waals surface area (Å²) >= 11 is 0. The van der Waals surface area contributed by atoms with Gasteiger partial charge < -0.3 is 10.2 Å². The maximum absolute atomic E-state index is 10.4. The van der Waals surface area contributed by atoms with Crippen molar-refractivity contribution in [1.82, 2.24) is 0 Å². The molecule has 0 fully saturated rings. The Bertz CT molecular complexity index is 517. The lowest BCUT2D eigenvalue weighted by molar-refractivity contribution is 0.0248. The van der Waals surface area contributed by atoms with Crippen LogP contribution in [0.5, 0.6) is 5.75 Å². The smallest absolute Gasteiger partial charge is 0.121 e. The summed E-state index contributed by atoms with van der Waals surface area (Å²) in [6, 6.07) is 4.14. The van der Waals surface area contributed by atoms with Crippen LogP contribution in [0.1, 0.15) is 43.9 Å². The molecule has 0 heterocycles. The summed E-state index contributed by atoms with van der Waals surface area (Å²) in [6.07, 6.45) is 4.19. The van der Waals surface area contributed by atoms with Gasteiger partial charge in [-0.15, -0.1) is 0 Å². The second-order valence-corrected chi connectivity index (χ2v) is 6.68. The summed E-state index contributed by atoms with van der Waals surface area (Å²) in [7, 11) is 0. The summed E-state index contributed by atoms with van der Waals surface area (Å²) < 4.78 is 0. The number of phenolic OH excluding ortho intramolecular Hbond substituents is 1. The molecule has 3 unspecified atom stereocenters. The van der Waals surface area contributed by atoms with Gasteiger partial charge in [-0.05, 0) is 74.6 Å². The van der Waals surface area contributed by atoms with Crippen LogP contribution in [0.4, 0.5) is 0 Å². The number of phenols is 1. The van der Waals surface area contributed by atoms with E-state index < -0.39 is 5.60 Å². The van der Waals surface area contributed by atoms with Crippen molar-refractivity contribution in [1.29, 1.82) is 0 Å². The van der Waals surface area contributed by atoms with E-state index in [1.54, 1.807) is 0 Å². The maximum Gasteiger partial charge on any atom is 0.121 e. The normalized spacial score (nSPS) is 30.2. The highest BCUT2D eigenvalue weighted by Crippen LogP contribution is 2.38. The molecular weight excluding hydrogens is 248 g/mol. The number of aryl methyl sites for hydroxylation is 2. The van der Waals surface area contributed by atoms with E-state index in [1.165, 1.54) is 5.56 Å². The Kier molecular flexibility index (Phi) is 3.97. The Morgan fingerprint density at radius 1 is 1.20 bits per heavy atom. The van der Waals surface area contributed by atoms with E-state index in [0.717, 1.165) is 29.5 Å². The number of allylic oxidation sites excluding steroid dienone is 1. The Balaban J connectivity index is 2.22. The quantitative estimate of drug-likeness (QED) is 0.803. The van der Waals surface area contributed by atoms with Gasteiger partial charge in [0.25, 0.3) is 0 Å². The molecule has 2 rings (SSSR count). The Labute approximate surface area is 122 Å². The van der Waals surface area contributed by atoms with Gasteiger partial charge in [-0.3, -0.25) is 0 Å². The van der Waals surface area contributed by atoms with Crippen molar-refractivity contribution in [2.45, 2.75) is 53.1 Å². The van der Waals surface area contributed by atoms with Crippen molar-refractivity contribution in [2.75, 3.05) is 0 Å². The minimum Gasteiger partial charge on any atom is -0.507 e. The largest absolute Gasteiger partial charge is 0.507 e. The van der Waals surface area contributed by atoms with E-state index in [0.29, 0.717) is 11.7 Å². The van der Waals surface area contributed by atoms with E-state index in [2.05, 4.69) is 25.1 Å². The van der Waals surface area contributed by atoms with Gasteiger partial charge in [0.15, 0.2) is 0 Å². The van der Waals surface area contributed by atoms with Crippen molar-refractivity contribution >= 4 is 0 Å².